The van der Waals surface area contributed by atoms with Crippen molar-refractivity contribution in [1.29, 1.82) is 0 Å². The molecule has 0 fully saturated rings. The molecule has 10 heteroatoms. The number of fused-ring (bicyclic) bond motifs is 1. The van der Waals surface area contributed by atoms with Gasteiger partial charge in [-0.05, 0) is 25.1 Å². The summed E-state index contributed by atoms with van der Waals surface area (Å²) in [6.45, 7) is 1.82. The van der Waals surface area contributed by atoms with Crippen LogP contribution >= 0.6 is 0 Å². The predicted octanol–water partition coefficient (Wildman–Crippen LogP) is 3.24. The van der Waals surface area contributed by atoms with E-state index in [1.54, 1.807) is 50.3 Å². The zero-order valence-electron chi connectivity index (χ0n) is 19.0. The number of nitrogens with one attached hydrogen (secondary N) is 2. The van der Waals surface area contributed by atoms with Crippen molar-refractivity contribution in [2.45, 2.75) is 13.0 Å². The molecule has 2 heterocycles. The summed E-state index contributed by atoms with van der Waals surface area (Å²) in [5, 5.41) is 10.5. The zero-order valence-corrected chi connectivity index (χ0v) is 19.0. The molecular weight excluding hydrogens is 426 g/mol. The number of allylic oxidation sites excluding steroid dienone is 1. The summed E-state index contributed by atoms with van der Waals surface area (Å²) in [4.78, 5) is 18.0. The first-order valence-electron chi connectivity index (χ1n) is 10.1. The van der Waals surface area contributed by atoms with E-state index in [4.69, 9.17) is 18.9 Å². The number of hydrogen-bond acceptors (Lipinski definition) is 8. The fourth-order valence-corrected chi connectivity index (χ4v) is 3.90. The largest absolute Gasteiger partial charge is 0.497 e. The van der Waals surface area contributed by atoms with Crippen LogP contribution in [0.1, 0.15) is 18.5 Å². The first kappa shape index (κ1) is 22.0. The van der Waals surface area contributed by atoms with Gasteiger partial charge in [0.15, 0.2) is 11.5 Å². The highest BCUT2D eigenvalue weighted by Gasteiger charge is 2.36. The molecule has 0 aliphatic carbocycles. The van der Waals surface area contributed by atoms with Crippen LogP contribution in [0.5, 0.6) is 23.0 Å². The molecule has 1 aliphatic heterocycles. The standard InChI is InChI=1S/C23H25N5O5/c1-13-19(22(29)27-16-11-14(30-2)9-10-17(16)31-3)20(28-23(26-13)24-12-25-28)15-7-6-8-18(32-4)21(15)33-5/h6-12,20H,1-5H3,(H,27,29)(H,24,25,26). The second-order valence-corrected chi connectivity index (χ2v) is 7.20. The average Bonchev–Trinajstić information content (AvgIpc) is 3.30. The lowest BCUT2D eigenvalue weighted by atomic mass is 9.94. The summed E-state index contributed by atoms with van der Waals surface area (Å²) in [7, 11) is 6.22. The van der Waals surface area contributed by atoms with E-state index in [9.17, 15) is 4.79 Å². The van der Waals surface area contributed by atoms with Crippen LogP contribution in [0.25, 0.3) is 0 Å². The highest BCUT2D eigenvalue weighted by molar-refractivity contribution is 6.07. The summed E-state index contributed by atoms with van der Waals surface area (Å²) in [5.41, 5.74) is 2.24. The molecule has 1 amide bonds. The molecule has 1 aliphatic rings. The van der Waals surface area contributed by atoms with Crippen LogP contribution in [0, 0.1) is 0 Å². The molecule has 10 nitrogen and oxygen atoms in total. The van der Waals surface area contributed by atoms with Gasteiger partial charge >= 0.3 is 0 Å². The fraction of sp³-hybridized carbons (Fsp3) is 0.261. The van der Waals surface area contributed by atoms with Gasteiger partial charge in [-0.3, -0.25) is 4.79 Å². The van der Waals surface area contributed by atoms with Crippen molar-refractivity contribution >= 4 is 17.5 Å². The minimum Gasteiger partial charge on any atom is -0.497 e. The predicted molar refractivity (Wildman–Crippen MR) is 122 cm³/mol. The maximum absolute atomic E-state index is 13.7. The molecule has 0 radical (unpaired) electrons. The van der Waals surface area contributed by atoms with E-state index in [-0.39, 0.29) is 5.91 Å². The van der Waals surface area contributed by atoms with Crippen LogP contribution < -0.4 is 29.6 Å². The van der Waals surface area contributed by atoms with Crippen molar-refractivity contribution in [3.05, 3.63) is 59.6 Å². The molecule has 33 heavy (non-hydrogen) atoms. The van der Waals surface area contributed by atoms with E-state index in [1.807, 2.05) is 19.1 Å². The van der Waals surface area contributed by atoms with Crippen molar-refractivity contribution in [3.63, 3.8) is 0 Å². The van der Waals surface area contributed by atoms with E-state index < -0.39 is 6.04 Å². The van der Waals surface area contributed by atoms with E-state index in [2.05, 4.69) is 20.7 Å². The van der Waals surface area contributed by atoms with E-state index in [0.29, 0.717) is 51.5 Å². The van der Waals surface area contributed by atoms with Gasteiger partial charge < -0.3 is 29.6 Å². The number of methoxy groups -OCH3 is 4. The van der Waals surface area contributed by atoms with Crippen molar-refractivity contribution < 1.29 is 23.7 Å². The molecule has 2 N–H and O–H groups in total. The van der Waals surface area contributed by atoms with Crippen LogP contribution in [-0.4, -0.2) is 49.1 Å². The lowest BCUT2D eigenvalue weighted by Gasteiger charge is -2.30. The van der Waals surface area contributed by atoms with Crippen LogP contribution in [0.4, 0.5) is 11.6 Å². The maximum atomic E-state index is 13.7. The number of ether oxygens (including phenoxy) is 4. The lowest BCUT2D eigenvalue weighted by Crippen LogP contribution is -2.31. The Balaban J connectivity index is 1.82. The van der Waals surface area contributed by atoms with Crippen LogP contribution in [0.3, 0.4) is 0 Å². The number of rotatable bonds is 7. The number of benzene rings is 2. The van der Waals surface area contributed by atoms with Gasteiger partial charge in [0.25, 0.3) is 5.91 Å². The minimum absolute atomic E-state index is 0.345. The molecule has 0 saturated heterocycles. The lowest BCUT2D eigenvalue weighted by molar-refractivity contribution is -0.113. The number of nitrogens with zero attached hydrogens (tertiary/aromatic N) is 3. The molecule has 1 atom stereocenters. The molecule has 0 spiro atoms. The quantitative estimate of drug-likeness (QED) is 0.564. The average molecular weight is 451 g/mol. The second-order valence-electron chi connectivity index (χ2n) is 7.20. The topological polar surface area (TPSA) is 109 Å². The number of amides is 1. The molecule has 2 aromatic carbocycles. The van der Waals surface area contributed by atoms with Crippen molar-refractivity contribution in [2.24, 2.45) is 0 Å². The third-order valence-corrected chi connectivity index (χ3v) is 5.42. The number of aromatic nitrogens is 3. The molecule has 1 unspecified atom stereocenters. The SMILES string of the molecule is COc1ccc(OC)c(NC(=O)C2=C(C)Nc3ncnn3C2c2cccc(OC)c2OC)c1. The Morgan fingerprint density at radius 2 is 1.82 bits per heavy atom. The molecule has 4 rings (SSSR count). The Hall–Kier alpha value is -4.21. The third-order valence-electron chi connectivity index (χ3n) is 5.42. The van der Waals surface area contributed by atoms with E-state index in [1.165, 1.54) is 13.4 Å². The summed E-state index contributed by atoms with van der Waals surface area (Å²) in [5.74, 6) is 2.30. The van der Waals surface area contributed by atoms with Crippen molar-refractivity contribution in [3.8, 4) is 23.0 Å². The van der Waals surface area contributed by atoms with Gasteiger partial charge in [-0.2, -0.15) is 10.1 Å². The number of para-hydroxylation sites is 1. The Morgan fingerprint density at radius 3 is 2.52 bits per heavy atom. The minimum atomic E-state index is -0.620. The monoisotopic (exact) mass is 451 g/mol. The smallest absolute Gasteiger partial charge is 0.255 e. The maximum Gasteiger partial charge on any atom is 0.255 e. The van der Waals surface area contributed by atoms with E-state index in [0.717, 1.165) is 0 Å². The molecular formula is C23H25N5O5. The summed E-state index contributed by atoms with van der Waals surface area (Å²) < 4.78 is 23.5. The van der Waals surface area contributed by atoms with Gasteiger partial charge in [-0.15, -0.1) is 0 Å². The number of hydrogen-bond donors (Lipinski definition) is 2. The fourth-order valence-electron chi connectivity index (χ4n) is 3.90. The van der Waals surface area contributed by atoms with Crippen molar-refractivity contribution in [2.75, 3.05) is 39.1 Å². The number of carbonyl (C=O) groups excluding carboxylic acids is 1. The first-order chi connectivity index (χ1) is 16.0. The van der Waals surface area contributed by atoms with Gasteiger partial charge in [0.1, 0.15) is 23.9 Å². The highest BCUT2D eigenvalue weighted by Crippen LogP contribution is 2.43. The Labute approximate surface area is 191 Å². The van der Waals surface area contributed by atoms with Gasteiger partial charge in [-0.25, -0.2) is 4.68 Å². The van der Waals surface area contributed by atoms with Crippen molar-refractivity contribution in [1.82, 2.24) is 14.8 Å². The zero-order chi connectivity index (χ0) is 23.5. The summed E-state index contributed by atoms with van der Waals surface area (Å²) in [6, 6.07) is 10.1. The van der Waals surface area contributed by atoms with Crippen LogP contribution in [0.2, 0.25) is 0 Å². The Morgan fingerprint density at radius 1 is 1.03 bits per heavy atom. The second kappa shape index (κ2) is 9.11. The van der Waals surface area contributed by atoms with Crippen LogP contribution in [-0.2, 0) is 4.79 Å². The Kier molecular flexibility index (Phi) is 6.07. The molecule has 1 aromatic heterocycles. The number of anilines is 2. The van der Waals surface area contributed by atoms with Gasteiger partial charge in [0, 0.05) is 17.3 Å². The van der Waals surface area contributed by atoms with E-state index >= 15 is 0 Å². The van der Waals surface area contributed by atoms with Gasteiger partial charge in [0.2, 0.25) is 5.95 Å². The normalized spacial score (nSPS) is 14.8. The van der Waals surface area contributed by atoms with Gasteiger partial charge in [0.05, 0.1) is 39.7 Å². The summed E-state index contributed by atoms with van der Waals surface area (Å²) in [6.07, 6.45) is 1.43. The van der Waals surface area contributed by atoms with Crippen LogP contribution in [0.15, 0.2) is 54.0 Å². The molecule has 0 bridgehead atoms. The number of carbonyl (C=O) groups is 1. The summed E-state index contributed by atoms with van der Waals surface area (Å²) >= 11 is 0. The highest BCUT2D eigenvalue weighted by atomic mass is 16.5. The first-order valence-corrected chi connectivity index (χ1v) is 10.1. The van der Waals surface area contributed by atoms with Gasteiger partial charge in [-0.1, -0.05) is 12.1 Å². The Bertz CT molecular complexity index is 1220. The third kappa shape index (κ3) is 3.91. The molecule has 0 saturated carbocycles. The molecule has 3 aromatic rings. The molecule has 172 valence electrons.